The molecule has 7 nitrogen and oxygen atoms in total. The topological polar surface area (TPSA) is 97.6 Å². The van der Waals surface area contributed by atoms with Crippen LogP contribution in [0.25, 0.3) is 0 Å². The molecule has 0 saturated carbocycles. The fourth-order valence-corrected chi connectivity index (χ4v) is 3.55. The van der Waals surface area contributed by atoms with Crippen molar-refractivity contribution in [1.82, 2.24) is 9.88 Å². The minimum absolute atomic E-state index is 0.0425. The predicted octanol–water partition coefficient (Wildman–Crippen LogP) is 0.579. The molecule has 1 aromatic rings. The highest BCUT2D eigenvalue weighted by molar-refractivity contribution is 7.13. The van der Waals surface area contributed by atoms with Crippen LogP contribution in [0.3, 0.4) is 0 Å². The van der Waals surface area contributed by atoms with Crippen LogP contribution >= 0.6 is 11.3 Å². The second kappa shape index (κ2) is 6.72. The Morgan fingerprint density at radius 3 is 3.00 bits per heavy atom. The number of rotatable bonds is 4. The third kappa shape index (κ3) is 3.13. The van der Waals surface area contributed by atoms with Gasteiger partial charge in [0.1, 0.15) is 12.1 Å². The number of amides is 2. The molecule has 2 aliphatic rings. The molecule has 0 aromatic carbocycles. The number of likely N-dealkylation sites (tertiary alicyclic amines) is 1. The van der Waals surface area contributed by atoms with Gasteiger partial charge in [0.2, 0.25) is 5.91 Å². The lowest BCUT2D eigenvalue weighted by Crippen LogP contribution is -2.47. The Labute approximate surface area is 132 Å². The first-order valence-corrected chi connectivity index (χ1v) is 8.43. The summed E-state index contributed by atoms with van der Waals surface area (Å²) < 4.78 is 5.66. The van der Waals surface area contributed by atoms with Gasteiger partial charge in [-0.25, -0.2) is 4.98 Å². The summed E-state index contributed by atoms with van der Waals surface area (Å²) in [6.07, 6.45) is 4.12. The van der Waals surface area contributed by atoms with Gasteiger partial charge in [-0.2, -0.15) is 0 Å². The lowest BCUT2D eigenvalue weighted by atomic mass is 10.1. The molecular formula is C14H20N4O3S. The Morgan fingerprint density at radius 2 is 2.32 bits per heavy atom. The second-order valence-corrected chi connectivity index (χ2v) is 6.47. The molecule has 0 radical (unpaired) electrons. The van der Waals surface area contributed by atoms with Gasteiger partial charge < -0.3 is 20.7 Å². The van der Waals surface area contributed by atoms with Crippen LogP contribution in [0.1, 0.15) is 25.7 Å². The highest BCUT2D eigenvalue weighted by Crippen LogP contribution is 2.26. The van der Waals surface area contributed by atoms with E-state index in [2.05, 4.69) is 10.3 Å². The van der Waals surface area contributed by atoms with Gasteiger partial charge in [-0.1, -0.05) is 0 Å². The standard InChI is InChI=1S/C14H20N4O3S/c15-8-9-3-4-11(21-9)13(20)18-6-1-2-10(18)12(19)17-14-16-5-7-22-14/h5,7,9-11H,1-4,6,8,15H2,(H,16,17,19)/t9-,10?,11+/m1/s1. The van der Waals surface area contributed by atoms with Crippen molar-refractivity contribution >= 4 is 28.3 Å². The SMILES string of the molecule is NC[C@H]1CC[C@@H](C(=O)N2CCCC2C(=O)Nc2nccs2)O1. The van der Waals surface area contributed by atoms with Gasteiger partial charge in [-0.15, -0.1) is 11.3 Å². The number of anilines is 1. The van der Waals surface area contributed by atoms with Gasteiger partial charge in [-0.3, -0.25) is 9.59 Å². The third-order valence-electron chi connectivity index (χ3n) is 4.15. The molecule has 22 heavy (non-hydrogen) atoms. The Morgan fingerprint density at radius 1 is 1.45 bits per heavy atom. The molecule has 3 heterocycles. The number of hydrogen-bond acceptors (Lipinski definition) is 6. The summed E-state index contributed by atoms with van der Waals surface area (Å²) in [5.41, 5.74) is 5.58. The van der Waals surface area contributed by atoms with Gasteiger partial charge in [-0.05, 0) is 25.7 Å². The van der Waals surface area contributed by atoms with E-state index in [1.54, 1.807) is 16.5 Å². The number of ether oxygens (including phenoxy) is 1. The molecule has 2 amide bonds. The molecule has 3 atom stereocenters. The van der Waals surface area contributed by atoms with E-state index in [0.717, 1.165) is 12.8 Å². The maximum Gasteiger partial charge on any atom is 0.252 e. The molecule has 2 saturated heterocycles. The Balaban J connectivity index is 1.62. The Kier molecular flexibility index (Phi) is 4.70. The summed E-state index contributed by atoms with van der Waals surface area (Å²) in [5, 5.41) is 5.13. The zero-order valence-electron chi connectivity index (χ0n) is 12.2. The molecule has 120 valence electrons. The first-order chi connectivity index (χ1) is 10.7. The number of nitrogens with zero attached hydrogens (tertiary/aromatic N) is 2. The van der Waals surface area contributed by atoms with E-state index in [9.17, 15) is 9.59 Å². The Hall–Kier alpha value is -1.51. The largest absolute Gasteiger partial charge is 0.364 e. The summed E-state index contributed by atoms with van der Waals surface area (Å²) in [5.74, 6) is -0.262. The van der Waals surface area contributed by atoms with Gasteiger partial charge in [0.05, 0.1) is 6.10 Å². The molecular weight excluding hydrogens is 304 g/mol. The summed E-state index contributed by atoms with van der Waals surface area (Å²) >= 11 is 1.36. The smallest absolute Gasteiger partial charge is 0.252 e. The van der Waals surface area contributed by atoms with Crippen LogP contribution in [0.2, 0.25) is 0 Å². The second-order valence-electron chi connectivity index (χ2n) is 5.58. The number of thiazole rings is 1. The molecule has 0 aliphatic carbocycles. The minimum atomic E-state index is -0.457. The molecule has 0 bridgehead atoms. The van der Waals surface area contributed by atoms with Crippen LogP contribution in [0, 0.1) is 0 Å². The number of carbonyl (C=O) groups is 2. The van der Waals surface area contributed by atoms with E-state index < -0.39 is 12.1 Å². The molecule has 3 N–H and O–H groups in total. The van der Waals surface area contributed by atoms with Crippen LogP contribution in [0.5, 0.6) is 0 Å². The van der Waals surface area contributed by atoms with Crippen LogP contribution in [0.4, 0.5) is 5.13 Å². The van der Waals surface area contributed by atoms with Gasteiger partial charge >= 0.3 is 0 Å². The maximum atomic E-state index is 12.6. The first-order valence-electron chi connectivity index (χ1n) is 7.55. The molecule has 3 rings (SSSR count). The fourth-order valence-electron chi connectivity index (χ4n) is 3.02. The van der Waals surface area contributed by atoms with E-state index in [1.165, 1.54) is 11.3 Å². The van der Waals surface area contributed by atoms with Crippen molar-refractivity contribution in [2.45, 2.75) is 43.9 Å². The zero-order chi connectivity index (χ0) is 15.5. The van der Waals surface area contributed by atoms with Crippen molar-refractivity contribution in [3.05, 3.63) is 11.6 Å². The van der Waals surface area contributed by atoms with Gasteiger partial charge in [0.25, 0.3) is 5.91 Å². The van der Waals surface area contributed by atoms with Crippen molar-refractivity contribution in [2.24, 2.45) is 5.73 Å². The number of nitrogens with one attached hydrogen (secondary N) is 1. The van der Waals surface area contributed by atoms with Crippen molar-refractivity contribution in [1.29, 1.82) is 0 Å². The molecule has 1 aromatic heterocycles. The lowest BCUT2D eigenvalue weighted by Gasteiger charge is -2.26. The minimum Gasteiger partial charge on any atom is -0.364 e. The van der Waals surface area contributed by atoms with Crippen molar-refractivity contribution < 1.29 is 14.3 Å². The van der Waals surface area contributed by atoms with Crippen LogP contribution < -0.4 is 11.1 Å². The van der Waals surface area contributed by atoms with Crippen molar-refractivity contribution in [3.8, 4) is 0 Å². The summed E-state index contributed by atoms with van der Waals surface area (Å²) in [7, 11) is 0. The first kappa shape index (κ1) is 15.4. The molecule has 1 unspecified atom stereocenters. The van der Waals surface area contributed by atoms with E-state index in [1.807, 2.05) is 0 Å². The van der Waals surface area contributed by atoms with Crippen molar-refractivity contribution in [2.75, 3.05) is 18.4 Å². The third-order valence-corrected chi connectivity index (χ3v) is 4.84. The lowest BCUT2D eigenvalue weighted by molar-refractivity contribution is -0.146. The molecule has 2 fully saturated rings. The van der Waals surface area contributed by atoms with Crippen LogP contribution in [0.15, 0.2) is 11.6 Å². The van der Waals surface area contributed by atoms with Gasteiger partial charge in [0.15, 0.2) is 5.13 Å². The summed E-state index contributed by atoms with van der Waals surface area (Å²) in [6.45, 7) is 1.03. The van der Waals surface area contributed by atoms with E-state index in [0.29, 0.717) is 31.1 Å². The molecule has 8 heteroatoms. The zero-order valence-corrected chi connectivity index (χ0v) is 13.1. The highest BCUT2D eigenvalue weighted by atomic mass is 32.1. The number of nitrogens with two attached hydrogens (primary N) is 1. The summed E-state index contributed by atoms with van der Waals surface area (Å²) in [4.78, 5) is 30.6. The molecule has 0 spiro atoms. The molecule has 2 aliphatic heterocycles. The Bertz CT molecular complexity index is 536. The maximum absolute atomic E-state index is 12.6. The average Bonchev–Trinajstić information content (AvgIpc) is 3.26. The van der Waals surface area contributed by atoms with Crippen LogP contribution in [-0.2, 0) is 14.3 Å². The van der Waals surface area contributed by atoms with Crippen molar-refractivity contribution in [3.63, 3.8) is 0 Å². The van der Waals surface area contributed by atoms with Gasteiger partial charge in [0, 0.05) is 24.7 Å². The monoisotopic (exact) mass is 324 g/mol. The van der Waals surface area contributed by atoms with E-state index >= 15 is 0 Å². The van der Waals surface area contributed by atoms with Crippen LogP contribution in [-0.4, -0.2) is 53.0 Å². The fraction of sp³-hybridized carbons (Fsp3) is 0.643. The predicted molar refractivity (Wildman–Crippen MR) is 82.4 cm³/mol. The normalized spacial score (nSPS) is 28.0. The number of hydrogen-bond donors (Lipinski definition) is 2. The number of aromatic nitrogens is 1. The average molecular weight is 324 g/mol. The summed E-state index contributed by atoms with van der Waals surface area (Å²) in [6, 6.07) is -0.433. The quantitative estimate of drug-likeness (QED) is 0.844. The van der Waals surface area contributed by atoms with E-state index in [4.69, 9.17) is 10.5 Å². The number of carbonyl (C=O) groups excluding carboxylic acids is 2. The highest BCUT2D eigenvalue weighted by Gasteiger charge is 2.40. The van der Waals surface area contributed by atoms with E-state index in [-0.39, 0.29) is 17.9 Å².